The molecule has 0 radical (unpaired) electrons. The van der Waals surface area contributed by atoms with E-state index in [1.807, 2.05) is 12.2 Å². The van der Waals surface area contributed by atoms with E-state index in [1.54, 1.807) is 12.1 Å². The van der Waals surface area contributed by atoms with Gasteiger partial charge in [0, 0.05) is 10.6 Å². The molecule has 0 spiro atoms. The van der Waals surface area contributed by atoms with Gasteiger partial charge in [0.05, 0.1) is 23.1 Å². The van der Waals surface area contributed by atoms with E-state index in [-0.39, 0.29) is 46.6 Å². The third kappa shape index (κ3) is 4.19. The highest BCUT2D eigenvalue weighted by Crippen LogP contribution is 2.53. The highest BCUT2D eigenvalue weighted by molar-refractivity contribution is 6.30. The zero-order valence-corrected chi connectivity index (χ0v) is 19.0. The number of carbonyl (C=O) groups is 5. The van der Waals surface area contributed by atoms with Crippen molar-refractivity contribution in [1.29, 1.82) is 0 Å². The van der Waals surface area contributed by atoms with Gasteiger partial charge < -0.3 is 4.74 Å². The molecule has 3 aliphatic rings. The number of anilines is 1. The summed E-state index contributed by atoms with van der Waals surface area (Å²) in [5, 5.41) is 0.465. The van der Waals surface area contributed by atoms with Crippen LogP contribution in [0.3, 0.4) is 0 Å². The van der Waals surface area contributed by atoms with E-state index in [0.29, 0.717) is 10.7 Å². The first-order valence-electron chi connectivity index (χ1n) is 11.0. The Balaban J connectivity index is 1.17. The molecule has 1 saturated heterocycles. The zero-order chi connectivity index (χ0) is 24.7. The van der Waals surface area contributed by atoms with Crippen LogP contribution in [0.4, 0.5) is 5.69 Å². The minimum absolute atomic E-state index is 0.0818. The number of carbonyl (C=O) groups excluding carboxylic acids is 5. The first-order chi connectivity index (χ1) is 16.8. The van der Waals surface area contributed by atoms with Gasteiger partial charge in [0.2, 0.25) is 11.8 Å². The molecule has 178 valence electrons. The summed E-state index contributed by atoms with van der Waals surface area (Å²) < 4.78 is 5.02. The summed E-state index contributed by atoms with van der Waals surface area (Å²) in [5.41, 5.74) is 5.02. The van der Waals surface area contributed by atoms with Gasteiger partial charge in [-0.1, -0.05) is 29.8 Å². The fourth-order valence-corrected chi connectivity index (χ4v) is 5.11. The van der Waals surface area contributed by atoms with Gasteiger partial charge in [0.15, 0.2) is 6.61 Å². The lowest BCUT2D eigenvalue weighted by Gasteiger charge is -2.18. The van der Waals surface area contributed by atoms with Crippen LogP contribution in [-0.4, -0.2) is 36.2 Å². The Morgan fingerprint density at radius 3 is 2.23 bits per heavy atom. The third-order valence-electron chi connectivity index (χ3n) is 6.57. The van der Waals surface area contributed by atoms with Gasteiger partial charge in [0.1, 0.15) is 0 Å². The van der Waals surface area contributed by atoms with Crippen LogP contribution in [0.1, 0.15) is 27.1 Å². The van der Waals surface area contributed by atoms with Gasteiger partial charge in [-0.05, 0) is 60.7 Å². The standard InChI is InChI=1S/C25H20ClN3O6/c26-17-8-6-13(7-9-17)22(31)28-27-19(30)12-35-25(34)16-2-1-3-18(11-16)29-23(32)20-14-4-5-15(10-14)21(20)24(29)33/h1-9,11,14-15,20-21H,10,12H2,(H,27,30)(H,28,31)/t14-,15-,20-,21-/m0/s1. The van der Waals surface area contributed by atoms with E-state index in [9.17, 15) is 24.0 Å². The average Bonchev–Trinajstić information content (AvgIpc) is 3.55. The van der Waals surface area contributed by atoms with Crippen LogP contribution in [0.15, 0.2) is 60.7 Å². The number of imide groups is 1. The molecule has 10 heteroatoms. The Labute approximate surface area is 205 Å². The number of nitrogens with one attached hydrogen (secondary N) is 2. The van der Waals surface area contributed by atoms with Crippen molar-refractivity contribution in [3.05, 3.63) is 76.8 Å². The smallest absolute Gasteiger partial charge is 0.338 e. The Hall–Kier alpha value is -3.98. The van der Waals surface area contributed by atoms with E-state index in [4.69, 9.17) is 16.3 Å². The molecular formula is C25H20ClN3O6. The second-order valence-corrected chi connectivity index (χ2v) is 9.08. The van der Waals surface area contributed by atoms with Gasteiger partial charge in [-0.25, -0.2) is 9.69 Å². The van der Waals surface area contributed by atoms with Crippen LogP contribution in [0.25, 0.3) is 0 Å². The maximum absolute atomic E-state index is 13.0. The molecule has 1 heterocycles. The first kappa shape index (κ1) is 22.8. The fourth-order valence-electron chi connectivity index (χ4n) is 4.98. The van der Waals surface area contributed by atoms with Crippen molar-refractivity contribution >= 4 is 46.9 Å². The summed E-state index contributed by atoms with van der Waals surface area (Å²) in [6.45, 7) is -0.648. The van der Waals surface area contributed by atoms with Crippen molar-refractivity contribution in [3.8, 4) is 0 Å². The maximum atomic E-state index is 13.0. The molecule has 2 aromatic carbocycles. The van der Waals surface area contributed by atoms with Crippen LogP contribution < -0.4 is 15.8 Å². The van der Waals surface area contributed by atoms with Gasteiger partial charge >= 0.3 is 5.97 Å². The molecule has 2 bridgehead atoms. The van der Waals surface area contributed by atoms with Crippen molar-refractivity contribution in [2.75, 3.05) is 11.5 Å². The highest BCUT2D eigenvalue weighted by Gasteiger charge is 2.59. The Morgan fingerprint density at radius 2 is 1.57 bits per heavy atom. The molecule has 0 unspecified atom stereocenters. The molecule has 9 nitrogen and oxygen atoms in total. The molecule has 2 N–H and O–H groups in total. The number of benzene rings is 2. The minimum Gasteiger partial charge on any atom is -0.452 e. The third-order valence-corrected chi connectivity index (χ3v) is 6.82. The number of esters is 1. The van der Waals surface area contributed by atoms with Crippen molar-refractivity contribution < 1.29 is 28.7 Å². The Bertz CT molecular complexity index is 1240. The van der Waals surface area contributed by atoms with E-state index in [1.165, 1.54) is 36.4 Å². The monoisotopic (exact) mass is 493 g/mol. The number of hydrogen-bond acceptors (Lipinski definition) is 6. The average molecular weight is 494 g/mol. The van der Waals surface area contributed by atoms with Crippen molar-refractivity contribution in [1.82, 2.24) is 10.9 Å². The topological polar surface area (TPSA) is 122 Å². The molecule has 2 aromatic rings. The zero-order valence-electron chi connectivity index (χ0n) is 18.3. The Kier molecular flexibility index (Phi) is 5.86. The van der Waals surface area contributed by atoms with Crippen LogP contribution in [0.2, 0.25) is 5.02 Å². The molecule has 2 fully saturated rings. The predicted molar refractivity (Wildman–Crippen MR) is 124 cm³/mol. The van der Waals surface area contributed by atoms with Crippen molar-refractivity contribution in [2.45, 2.75) is 6.42 Å². The van der Waals surface area contributed by atoms with Crippen molar-refractivity contribution in [2.24, 2.45) is 23.7 Å². The van der Waals surface area contributed by atoms with E-state index < -0.39 is 24.4 Å². The SMILES string of the molecule is O=C(COC(=O)c1cccc(N2C(=O)[C@@H]3[C@@H](C2=O)[C@H]2C=C[C@H]3C2)c1)NNC(=O)c1ccc(Cl)cc1. The number of nitrogens with zero attached hydrogens (tertiary/aromatic N) is 1. The second-order valence-electron chi connectivity index (χ2n) is 8.65. The molecule has 5 rings (SSSR count). The van der Waals surface area contributed by atoms with E-state index in [0.717, 1.165) is 11.3 Å². The summed E-state index contributed by atoms with van der Waals surface area (Å²) >= 11 is 5.77. The number of ether oxygens (including phenoxy) is 1. The number of fused-ring (bicyclic) bond motifs is 5. The highest BCUT2D eigenvalue weighted by atomic mass is 35.5. The molecule has 4 atom stereocenters. The van der Waals surface area contributed by atoms with Gasteiger partial charge in [-0.3, -0.25) is 30.0 Å². The second kappa shape index (κ2) is 8.99. The van der Waals surface area contributed by atoms with Crippen molar-refractivity contribution in [3.63, 3.8) is 0 Å². The van der Waals surface area contributed by atoms with Gasteiger partial charge in [-0.15, -0.1) is 0 Å². The number of hydrazine groups is 1. The largest absolute Gasteiger partial charge is 0.452 e. The molecule has 35 heavy (non-hydrogen) atoms. The summed E-state index contributed by atoms with van der Waals surface area (Å²) in [6.07, 6.45) is 4.85. The van der Waals surface area contributed by atoms with Gasteiger partial charge in [0.25, 0.3) is 11.8 Å². The van der Waals surface area contributed by atoms with E-state index in [2.05, 4.69) is 10.9 Å². The molecule has 1 saturated carbocycles. The van der Waals surface area contributed by atoms with Crippen LogP contribution in [-0.2, 0) is 19.1 Å². The first-order valence-corrected chi connectivity index (χ1v) is 11.4. The predicted octanol–water partition coefficient (Wildman–Crippen LogP) is 2.27. The molecular weight excluding hydrogens is 474 g/mol. The van der Waals surface area contributed by atoms with E-state index >= 15 is 0 Å². The molecule has 1 aliphatic heterocycles. The quantitative estimate of drug-likeness (QED) is 0.285. The Morgan fingerprint density at radius 1 is 0.914 bits per heavy atom. The van der Waals surface area contributed by atoms with Crippen LogP contribution in [0, 0.1) is 23.7 Å². The lowest BCUT2D eigenvalue weighted by molar-refractivity contribution is -0.125. The molecule has 0 aromatic heterocycles. The summed E-state index contributed by atoms with van der Waals surface area (Å²) in [4.78, 5) is 63.6. The van der Waals surface area contributed by atoms with Crippen LogP contribution >= 0.6 is 11.6 Å². The lowest BCUT2D eigenvalue weighted by atomic mass is 9.85. The van der Waals surface area contributed by atoms with Crippen LogP contribution in [0.5, 0.6) is 0 Å². The normalized spacial score (nSPS) is 23.9. The number of allylic oxidation sites excluding steroid dienone is 2. The number of hydrogen-bond donors (Lipinski definition) is 2. The number of rotatable bonds is 5. The minimum atomic E-state index is -0.813. The lowest BCUT2D eigenvalue weighted by Crippen LogP contribution is -2.43. The fraction of sp³-hybridized carbons (Fsp3) is 0.240. The number of amides is 4. The van der Waals surface area contributed by atoms with Gasteiger partial charge in [-0.2, -0.15) is 0 Å². The summed E-state index contributed by atoms with van der Waals surface area (Å²) in [7, 11) is 0. The summed E-state index contributed by atoms with van der Waals surface area (Å²) in [6, 6.07) is 12.0. The molecule has 4 amide bonds. The summed E-state index contributed by atoms with van der Waals surface area (Å²) in [5.74, 6) is -3.17. The molecule has 2 aliphatic carbocycles. The maximum Gasteiger partial charge on any atom is 0.338 e. The number of halogens is 1.